The Hall–Kier alpha value is -1.32. The summed E-state index contributed by atoms with van der Waals surface area (Å²) in [5.74, 6) is 1.44. The molecule has 1 aliphatic carbocycles. The van der Waals surface area contributed by atoms with Crippen LogP contribution in [0.3, 0.4) is 0 Å². The fourth-order valence-electron chi connectivity index (χ4n) is 2.45. The van der Waals surface area contributed by atoms with Gasteiger partial charge in [0.15, 0.2) is 0 Å². The average molecular weight is 220 g/mol. The van der Waals surface area contributed by atoms with Crippen molar-refractivity contribution in [3.8, 4) is 0 Å². The predicted molar refractivity (Wildman–Crippen MR) is 57.7 cm³/mol. The largest absolute Gasteiger partial charge is 0.361 e. The van der Waals surface area contributed by atoms with Crippen molar-refractivity contribution in [3.63, 3.8) is 0 Å². The molecule has 2 heterocycles. The molecular weight excluding hydrogens is 204 g/mol. The van der Waals surface area contributed by atoms with Gasteiger partial charge in [-0.05, 0) is 32.6 Å². The number of hydrogen-bond acceptors (Lipinski definition) is 3. The molecule has 1 aromatic rings. The molecular formula is C12H16N2O2. The van der Waals surface area contributed by atoms with Crippen LogP contribution in [0.15, 0.2) is 10.6 Å². The van der Waals surface area contributed by atoms with Crippen molar-refractivity contribution < 1.29 is 9.32 Å². The minimum Gasteiger partial charge on any atom is -0.361 e. The molecule has 1 aliphatic heterocycles. The van der Waals surface area contributed by atoms with E-state index in [-0.39, 0.29) is 6.04 Å². The number of hydrogen-bond donors (Lipinski definition) is 0. The second kappa shape index (κ2) is 3.61. The highest BCUT2D eigenvalue weighted by Gasteiger charge is 2.39. The molecule has 0 spiro atoms. The van der Waals surface area contributed by atoms with Crippen LogP contribution >= 0.6 is 0 Å². The Morgan fingerprint density at radius 1 is 1.50 bits per heavy atom. The van der Waals surface area contributed by atoms with Crippen molar-refractivity contribution >= 4 is 5.91 Å². The summed E-state index contributed by atoms with van der Waals surface area (Å²) in [7, 11) is 0. The summed E-state index contributed by atoms with van der Waals surface area (Å²) in [4.78, 5) is 14.1. The van der Waals surface area contributed by atoms with Crippen LogP contribution in [0.5, 0.6) is 0 Å². The van der Waals surface area contributed by atoms with E-state index in [1.807, 2.05) is 17.9 Å². The van der Waals surface area contributed by atoms with E-state index < -0.39 is 0 Å². The van der Waals surface area contributed by atoms with Gasteiger partial charge in [-0.3, -0.25) is 4.79 Å². The average Bonchev–Trinajstić information content (AvgIpc) is 2.84. The van der Waals surface area contributed by atoms with Crippen LogP contribution in [0, 0.1) is 12.8 Å². The van der Waals surface area contributed by atoms with Gasteiger partial charge in [-0.15, -0.1) is 0 Å². The summed E-state index contributed by atoms with van der Waals surface area (Å²) in [5.41, 5.74) is 0.920. The lowest BCUT2D eigenvalue weighted by atomic mass is 10.1. The first kappa shape index (κ1) is 9.87. The maximum atomic E-state index is 12.1. The summed E-state index contributed by atoms with van der Waals surface area (Å²) in [6.45, 7) is 2.77. The zero-order valence-corrected chi connectivity index (χ0v) is 9.48. The Morgan fingerprint density at radius 3 is 2.94 bits per heavy atom. The molecule has 0 N–H and O–H groups in total. The lowest BCUT2D eigenvalue weighted by Gasteiger charge is -2.22. The fourth-order valence-corrected chi connectivity index (χ4v) is 2.45. The number of carbonyl (C=O) groups excluding carboxylic acids is 1. The smallest absolute Gasteiger partial charge is 0.226 e. The van der Waals surface area contributed by atoms with E-state index in [0.29, 0.717) is 11.8 Å². The lowest BCUT2D eigenvalue weighted by molar-refractivity contribution is -0.133. The summed E-state index contributed by atoms with van der Waals surface area (Å²) in [5, 5.41) is 4.04. The van der Waals surface area contributed by atoms with E-state index in [1.165, 1.54) is 0 Å². The van der Waals surface area contributed by atoms with Crippen molar-refractivity contribution in [1.29, 1.82) is 0 Å². The monoisotopic (exact) mass is 220 g/mol. The van der Waals surface area contributed by atoms with Gasteiger partial charge in [0.2, 0.25) is 5.91 Å². The summed E-state index contributed by atoms with van der Waals surface area (Å²) < 4.78 is 5.09. The quantitative estimate of drug-likeness (QED) is 0.766. The molecule has 1 saturated heterocycles. The fraction of sp³-hybridized carbons (Fsp3) is 0.667. The number of likely N-dealkylation sites (tertiary alicyclic amines) is 1. The highest BCUT2D eigenvalue weighted by atomic mass is 16.5. The Labute approximate surface area is 94.6 Å². The third kappa shape index (κ3) is 1.62. The molecule has 1 saturated carbocycles. The van der Waals surface area contributed by atoms with Crippen LogP contribution in [0.2, 0.25) is 0 Å². The Morgan fingerprint density at radius 2 is 2.31 bits per heavy atom. The number of rotatable bonds is 2. The molecule has 3 rings (SSSR count). The van der Waals surface area contributed by atoms with Gasteiger partial charge in [0, 0.05) is 18.5 Å². The summed E-state index contributed by atoms with van der Waals surface area (Å²) in [6.07, 6.45) is 4.24. The topological polar surface area (TPSA) is 46.3 Å². The van der Waals surface area contributed by atoms with Gasteiger partial charge < -0.3 is 9.42 Å². The van der Waals surface area contributed by atoms with E-state index in [0.717, 1.165) is 43.7 Å². The number of carbonyl (C=O) groups is 1. The van der Waals surface area contributed by atoms with Crippen LogP contribution in [-0.2, 0) is 4.79 Å². The first-order valence-corrected chi connectivity index (χ1v) is 5.99. The van der Waals surface area contributed by atoms with Crippen molar-refractivity contribution in [2.75, 3.05) is 6.54 Å². The number of aryl methyl sites for hydroxylation is 1. The predicted octanol–water partition coefficient (Wildman–Crippen LogP) is 2.06. The molecule has 1 amide bonds. The molecule has 2 fully saturated rings. The molecule has 0 aromatic carbocycles. The van der Waals surface area contributed by atoms with Crippen LogP contribution in [0.4, 0.5) is 0 Å². The second-order valence-electron chi connectivity index (χ2n) is 4.83. The maximum Gasteiger partial charge on any atom is 0.226 e. The second-order valence-corrected chi connectivity index (χ2v) is 4.83. The van der Waals surface area contributed by atoms with Crippen LogP contribution in [0.25, 0.3) is 0 Å². The number of amides is 1. The minimum atomic E-state index is 0.158. The van der Waals surface area contributed by atoms with Crippen molar-refractivity contribution in [2.24, 2.45) is 5.92 Å². The van der Waals surface area contributed by atoms with Crippen molar-refractivity contribution in [2.45, 2.75) is 38.6 Å². The van der Waals surface area contributed by atoms with Gasteiger partial charge in [-0.25, -0.2) is 0 Å². The highest BCUT2D eigenvalue weighted by Crippen LogP contribution is 2.38. The maximum absolute atomic E-state index is 12.1. The van der Waals surface area contributed by atoms with Crippen LogP contribution in [0.1, 0.15) is 43.2 Å². The van der Waals surface area contributed by atoms with Crippen LogP contribution < -0.4 is 0 Å². The molecule has 16 heavy (non-hydrogen) atoms. The molecule has 0 unspecified atom stereocenters. The van der Waals surface area contributed by atoms with Gasteiger partial charge in [0.25, 0.3) is 0 Å². The molecule has 2 aliphatic rings. The Balaban J connectivity index is 1.80. The van der Waals surface area contributed by atoms with E-state index >= 15 is 0 Å². The number of aromatic nitrogens is 1. The zero-order chi connectivity index (χ0) is 11.1. The minimum absolute atomic E-state index is 0.158. The van der Waals surface area contributed by atoms with E-state index in [4.69, 9.17) is 4.52 Å². The molecule has 4 heteroatoms. The first-order chi connectivity index (χ1) is 7.75. The van der Waals surface area contributed by atoms with Gasteiger partial charge in [0.1, 0.15) is 11.5 Å². The van der Waals surface area contributed by atoms with E-state index in [9.17, 15) is 4.79 Å². The first-order valence-electron chi connectivity index (χ1n) is 5.99. The zero-order valence-electron chi connectivity index (χ0n) is 9.48. The number of nitrogens with zero attached hydrogens (tertiary/aromatic N) is 2. The van der Waals surface area contributed by atoms with Gasteiger partial charge in [-0.1, -0.05) is 5.16 Å². The SMILES string of the molecule is Cc1cc([C@@H]2CCCN2C(=O)C2CC2)no1. The van der Waals surface area contributed by atoms with Crippen LogP contribution in [-0.4, -0.2) is 22.5 Å². The molecule has 1 aromatic heterocycles. The lowest BCUT2D eigenvalue weighted by Crippen LogP contribution is -2.31. The standard InChI is InChI=1S/C12H16N2O2/c1-8-7-10(13-16-8)11-3-2-6-14(11)12(15)9-4-5-9/h7,9,11H,2-6H2,1H3/t11-/m0/s1. The normalized spacial score (nSPS) is 25.1. The molecule has 0 bridgehead atoms. The highest BCUT2D eigenvalue weighted by molar-refractivity contribution is 5.81. The van der Waals surface area contributed by atoms with Gasteiger partial charge >= 0.3 is 0 Å². The van der Waals surface area contributed by atoms with E-state index in [1.54, 1.807) is 0 Å². The van der Waals surface area contributed by atoms with Crippen molar-refractivity contribution in [3.05, 3.63) is 17.5 Å². The Bertz CT molecular complexity index is 409. The van der Waals surface area contributed by atoms with Gasteiger partial charge in [-0.2, -0.15) is 0 Å². The third-order valence-corrected chi connectivity index (χ3v) is 3.45. The van der Waals surface area contributed by atoms with E-state index in [2.05, 4.69) is 5.16 Å². The third-order valence-electron chi connectivity index (χ3n) is 3.45. The molecule has 4 nitrogen and oxygen atoms in total. The molecule has 1 atom stereocenters. The van der Waals surface area contributed by atoms with Crippen molar-refractivity contribution in [1.82, 2.24) is 10.1 Å². The summed E-state index contributed by atoms with van der Waals surface area (Å²) >= 11 is 0. The Kier molecular flexibility index (Phi) is 2.23. The summed E-state index contributed by atoms with van der Waals surface area (Å²) in [6, 6.07) is 2.11. The molecule has 0 radical (unpaired) electrons. The van der Waals surface area contributed by atoms with Gasteiger partial charge in [0.05, 0.1) is 6.04 Å². The molecule has 86 valence electrons.